The molecule has 130 valence electrons. The maximum atomic E-state index is 12.0. The van der Waals surface area contributed by atoms with Crippen molar-refractivity contribution in [2.45, 2.75) is 33.4 Å². The second-order valence-corrected chi connectivity index (χ2v) is 5.27. The molecule has 3 rings (SSSR count). The zero-order valence-electron chi connectivity index (χ0n) is 14.1. The number of hydrogen-bond donors (Lipinski definition) is 2. The molecular weight excluding hydrogens is 322 g/mol. The van der Waals surface area contributed by atoms with E-state index in [1.54, 1.807) is 18.5 Å². The first-order valence-corrected chi connectivity index (χ1v) is 8.04. The van der Waals surface area contributed by atoms with Gasteiger partial charge in [-0.2, -0.15) is 0 Å². The molecule has 2 aromatic heterocycles. The van der Waals surface area contributed by atoms with Gasteiger partial charge in [0, 0.05) is 24.2 Å². The molecule has 25 heavy (non-hydrogen) atoms. The van der Waals surface area contributed by atoms with Gasteiger partial charge in [0.05, 0.1) is 6.54 Å². The molecule has 2 heterocycles. The molecule has 0 spiro atoms. The minimum absolute atomic E-state index is 0.305. The smallest absolute Gasteiger partial charge is 0.319 e. The molecule has 0 aliphatic heterocycles. The molecule has 1 aromatic carbocycles. The Balaban J connectivity index is 1.56. The van der Waals surface area contributed by atoms with E-state index >= 15 is 0 Å². The molecule has 0 atom stereocenters. The van der Waals surface area contributed by atoms with Gasteiger partial charge in [0.1, 0.15) is 6.33 Å². The third kappa shape index (κ3) is 4.00. The molecule has 3 aromatic rings. The van der Waals surface area contributed by atoms with Crippen molar-refractivity contribution in [3.05, 3.63) is 42.3 Å². The van der Waals surface area contributed by atoms with E-state index in [-0.39, 0.29) is 6.03 Å². The molecule has 0 saturated carbocycles. The maximum Gasteiger partial charge on any atom is 0.319 e. The molecule has 2 amide bonds. The van der Waals surface area contributed by atoms with Gasteiger partial charge in [-0.15, -0.1) is 20.4 Å². The number of hydrogen-bond acceptors (Lipinski definition) is 6. The quantitative estimate of drug-likeness (QED) is 0.711. The van der Waals surface area contributed by atoms with Crippen molar-refractivity contribution in [3.63, 3.8) is 0 Å². The van der Waals surface area contributed by atoms with Crippen molar-refractivity contribution in [3.8, 4) is 11.5 Å². The summed E-state index contributed by atoms with van der Waals surface area (Å²) in [5, 5.41) is 21.2. The number of carbonyl (C=O) groups excluding carboxylic acids is 1. The Bertz CT molecular complexity index is 838. The molecular formula is C16H19N7O2. The van der Waals surface area contributed by atoms with Crippen LogP contribution >= 0.6 is 0 Å². The lowest BCUT2D eigenvalue weighted by Crippen LogP contribution is -2.29. The van der Waals surface area contributed by atoms with Crippen LogP contribution in [0.5, 0.6) is 0 Å². The number of urea groups is 1. The Morgan fingerprint density at radius 3 is 2.64 bits per heavy atom. The number of nitrogens with one attached hydrogen (secondary N) is 2. The van der Waals surface area contributed by atoms with Gasteiger partial charge in [-0.3, -0.25) is 0 Å². The minimum Gasteiger partial charge on any atom is -0.421 e. The van der Waals surface area contributed by atoms with Gasteiger partial charge in [-0.05, 0) is 31.2 Å². The fraction of sp³-hybridized carbons (Fsp3) is 0.312. The zero-order chi connectivity index (χ0) is 17.6. The number of anilines is 1. The summed E-state index contributed by atoms with van der Waals surface area (Å²) in [5.41, 5.74) is 1.46. The average molecular weight is 341 g/mol. The van der Waals surface area contributed by atoms with Crippen LogP contribution in [-0.4, -0.2) is 31.0 Å². The molecule has 0 saturated heterocycles. The van der Waals surface area contributed by atoms with Crippen LogP contribution in [0, 0.1) is 0 Å². The van der Waals surface area contributed by atoms with Crippen LogP contribution in [0.15, 0.2) is 35.0 Å². The molecule has 9 heteroatoms. The van der Waals surface area contributed by atoms with Gasteiger partial charge in [0.15, 0.2) is 5.82 Å². The Morgan fingerprint density at radius 2 is 1.96 bits per heavy atom. The lowest BCUT2D eigenvalue weighted by molar-refractivity contribution is 0.251. The SMILES string of the molecule is CCc1nnc(-c2ccc(NC(=O)NCc3nncn3CC)cc2)o1. The van der Waals surface area contributed by atoms with Crippen molar-refractivity contribution in [1.29, 1.82) is 0 Å². The lowest BCUT2D eigenvalue weighted by Gasteiger charge is -2.08. The largest absolute Gasteiger partial charge is 0.421 e. The van der Waals surface area contributed by atoms with Crippen molar-refractivity contribution in [1.82, 2.24) is 30.3 Å². The normalized spacial score (nSPS) is 10.6. The van der Waals surface area contributed by atoms with E-state index in [1.807, 2.05) is 30.5 Å². The first-order valence-electron chi connectivity index (χ1n) is 8.04. The van der Waals surface area contributed by atoms with Crippen molar-refractivity contribution < 1.29 is 9.21 Å². The van der Waals surface area contributed by atoms with Crippen LogP contribution in [0.1, 0.15) is 25.6 Å². The second-order valence-electron chi connectivity index (χ2n) is 5.27. The van der Waals surface area contributed by atoms with Gasteiger partial charge in [-0.25, -0.2) is 4.79 Å². The first kappa shape index (κ1) is 16.6. The van der Waals surface area contributed by atoms with Crippen LogP contribution in [0.25, 0.3) is 11.5 Å². The zero-order valence-corrected chi connectivity index (χ0v) is 14.1. The monoisotopic (exact) mass is 341 g/mol. The van der Waals surface area contributed by atoms with Gasteiger partial charge >= 0.3 is 6.03 Å². The number of rotatable bonds is 6. The minimum atomic E-state index is -0.315. The fourth-order valence-electron chi connectivity index (χ4n) is 2.22. The van der Waals surface area contributed by atoms with Crippen LogP contribution in [-0.2, 0) is 19.5 Å². The van der Waals surface area contributed by atoms with Gasteiger partial charge in [0.2, 0.25) is 11.8 Å². The fourth-order valence-corrected chi connectivity index (χ4v) is 2.22. The lowest BCUT2D eigenvalue weighted by atomic mass is 10.2. The van der Waals surface area contributed by atoms with Gasteiger partial charge < -0.3 is 19.6 Å². The number of benzene rings is 1. The second kappa shape index (κ2) is 7.56. The van der Waals surface area contributed by atoms with E-state index < -0.39 is 0 Å². The topological polar surface area (TPSA) is 111 Å². The Hall–Kier alpha value is -3.23. The van der Waals surface area contributed by atoms with E-state index in [9.17, 15) is 4.79 Å². The highest BCUT2D eigenvalue weighted by Gasteiger charge is 2.09. The van der Waals surface area contributed by atoms with Gasteiger partial charge in [-0.1, -0.05) is 6.92 Å². The van der Waals surface area contributed by atoms with Crippen LogP contribution in [0.3, 0.4) is 0 Å². The summed E-state index contributed by atoms with van der Waals surface area (Å²) in [6.45, 7) is 5.00. The number of amides is 2. The summed E-state index contributed by atoms with van der Waals surface area (Å²) >= 11 is 0. The molecule has 2 N–H and O–H groups in total. The number of aryl methyl sites for hydroxylation is 2. The van der Waals surface area contributed by atoms with Crippen LogP contribution in [0.2, 0.25) is 0 Å². The van der Waals surface area contributed by atoms with Crippen molar-refractivity contribution >= 4 is 11.7 Å². The summed E-state index contributed by atoms with van der Waals surface area (Å²) in [6.07, 6.45) is 2.33. The standard InChI is InChI=1S/C16H19N7O2/c1-3-14-21-22-15(25-14)11-5-7-12(8-6-11)19-16(24)17-9-13-20-18-10-23(13)4-2/h5-8,10H,3-4,9H2,1-2H3,(H2,17,19,24). The summed E-state index contributed by atoms with van der Waals surface area (Å²) < 4.78 is 7.37. The summed E-state index contributed by atoms with van der Waals surface area (Å²) in [7, 11) is 0. The van der Waals surface area contributed by atoms with E-state index in [4.69, 9.17) is 4.42 Å². The van der Waals surface area contributed by atoms with Crippen LogP contribution in [0.4, 0.5) is 10.5 Å². The van der Waals surface area contributed by atoms with E-state index in [0.29, 0.717) is 36.3 Å². The maximum absolute atomic E-state index is 12.0. The highest BCUT2D eigenvalue weighted by molar-refractivity contribution is 5.89. The number of aromatic nitrogens is 5. The first-order chi connectivity index (χ1) is 12.2. The third-order valence-electron chi connectivity index (χ3n) is 3.60. The number of nitrogens with zero attached hydrogens (tertiary/aromatic N) is 5. The molecule has 0 radical (unpaired) electrons. The molecule has 0 unspecified atom stereocenters. The van der Waals surface area contributed by atoms with E-state index in [1.165, 1.54) is 0 Å². The van der Waals surface area contributed by atoms with Gasteiger partial charge in [0.25, 0.3) is 0 Å². The Kier molecular flexibility index (Phi) is 5.03. The predicted molar refractivity (Wildman–Crippen MR) is 90.7 cm³/mol. The summed E-state index contributed by atoms with van der Waals surface area (Å²) in [4.78, 5) is 12.0. The molecule has 0 fully saturated rings. The van der Waals surface area contributed by atoms with E-state index in [0.717, 1.165) is 12.1 Å². The van der Waals surface area contributed by atoms with Crippen molar-refractivity contribution in [2.75, 3.05) is 5.32 Å². The molecule has 9 nitrogen and oxygen atoms in total. The predicted octanol–water partition coefficient (Wildman–Crippen LogP) is 2.23. The van der Waals surface area contributed by atoms with Crippen LogP contribution < -0.4 is 10.6 Å². The third-order valence-corrected chi connectivity index (χ3v) is 3.60. The highest BCUT2D eigenvalue weighted by Crippen LogP contribution is 2.20. The Morgan fingerprint density at radius 1 is 1.16 bits per heavy atom. The summed E-state index contributed by atoms with van der Waals surface area (Å²) in [5.74, 6) is 1.76. The molecule has 0 aliphatic rings. The average Bonchev–Trinajstić information content (AvgIpc) is 3.29. The Labute approximate surface area is 144 Å². The van der Waals surface area contributed by atoms with E-state index in [2.05, 4.69) is 31.0 Å². The molecule has 0 bridgehead atoms. The number of carbonyl (C=O) groups is 1. The van der Waals surface area contributed by atoms with Crippen molar-refractivity contribution in [2.24, 2.45) is 0 Å². The summed E-state index contributed by atoms with van der Waals surface area (Å²) in [6, 6.07) is 6.87. The highest BCUT2D eigenvalue weighted by atomic mass is 16.4. The molecule has 0 aliphatic carbocycles.